The summed E-state index contributed by atoms with van der Waals surface area (Å²) < 4.78 is 22.5. The Balaban J connectivity index is 1.81. The van der Waals surface area contributed by atoms with Crippen molar-refractivity contribution in [2.75, 3.05) is 13.7 Å². The predicted molar refractivity (Wildman–Crippen MR) is 106 cm³/mol. The molecule has 1 aromatic heterocycles. The van der Waals surface area contributed by atoms with Crippen LogP contribution in [0.1, 0.15) is 66.5 Å². The number of esters is 2. The second-order valence-electron chi connectivity index (χ2n) is 9.52. The van der Waals surface area contributed by atoms with E-state index < -0.39 is 41.1 Å². The summed E-state index contributed by atoms with van der Waals surface area (Å²) in [5, 5.41) is 10.8. The fourth-order valence-electron chi connectivity index (χ4n) is 6.47. The highest BCUT2D eigenvalue weighted by molar-refractivity contribution is 6.13. The van der Waals surface area contributed by atoms with E-state index in [1.165, 1.54) is 20.3 Å². The molecule has 1 unspecified atom stereocenters. The number of carbonyl (C=O) groups is 3. The molecule has 0 amide bonds. The Morgan fingerprint density at radius 3 is 2.71 bits per heavy atom. The van der Waals surface area contributed by atoms with Gasteiger partial charge in [0.25, 0.3) is 0 Å². The molecule has 1 N–H and O–H groups in total. The quantitative estimate of drug-likeness (QED) is 0.727. The maximum Gasteiger partial charge on any atom is 0.342 e. The summed E-state index contributed by atoms with van der Waals surface area (Å²) in [4.78, 5) is 38.4. The van der Waals surface area contributed by atoms with Gasteiger partial charge in [-0.3, -0.25) is 9.59 Å². The van der Waals surface area contributed by atoms with Gasteiger partial charge in [0.2, 0.25) is 5.78 Å². The molecule has 8 nitrogen and oxygen atoms in total. The normalized spacial score (nSPS) is 38.4. The number of allylic oxidation sites excluding steroid dienone is 1. The lowest BCUT2D eigenvalue weighted by atomic mass is 9.54. The Hall–Kier alpha value is -2.45. The molecule has 1 fully saturated rings. The summed E-state index contributed by atoms with van der Waals surface area (Å²) in [5.74, 6) is -1.43. The highest BCUT2D eigenvalue weighted by atomic mass is 16.6. The van der Waals surface area contributed by atoms with E-state index in [1.807, 2.05) is 13.8 Å². The van der Waals surface area contributed by atoms with Crippen LogP contribution in [0.3, 0.4) is 0 Å². The molecule has 0 bridgehead atoms. The van der Waals surface area contributed by atoms with Crippen LogP contribution < -0.4 is 0 Å². The third kappa shape index (κ3) is 2.46. The molecule has 0 spiro atoms. The Morgan fingerprint density at radius 2 is 2.03 bits per heavy atom. The number of fused-ring (bicyclic) bond motifs is 3. The third-order valence-corrected chi connectivity index (χ3v) is 7.93. The third-order valence-electron chi connectivity index (χ3n) is 7.93. The zero-order valence-corrected chi connectivity index (χ0v) is 18.0. The number of aliphatic hydroxyl groups is 1. The van der Waals surface area contributed by atoms with E-state index in [2.05, 4.69) is 0 Å². The number of Topliss-reactive ketones (excluding diaryl/α,β-unsaturated/α-hetero) is 1. The summed E-state index contributed by atoms with van der Waals surface area (Å²) in [6.07, 6.45) is 0.787. The van der Waals surface area contributed by atoms with E-state index in [0.29, 0.717) is 36.0 Å². The fourth-order valence-corrected chi connectivity index (χ4v) is 6.47. The molecular weight excluding hydrogens is 404 g/mol. The van der Waals surface area contributed by atoms with Crippen molar-refractivity contribution >= 4 is 17.7 Å². The average molecular weight is 430 g/mol. The van der Waals surface area contributed by atoms with Crippen LogP contribution in [0, 0.1) is 11.3 Å². The zero-order valence-electron chi connectivity index (χ0n) is 18.0. The van der Waals surface area contributed by atoms with Gasteiger partial charge >= 0.3 is 11.9 Å². The maximum absolute atomic E-state index is 13.7. The van der Waals surface area contributed by atoms with Crippen LogP contribution in [0.15, 0.2) is 21.8 Å². The standard InChI is InChI=1S/C23H26O8/c1-10(24)30-13-7-22(2)12(5-6-14(22)25)16-18(13)23(3)15(9-28-4)31-21(27)11-8-29-20(17(11)23)19(16)26/h8,12-15,25H,5-7,9H2,1-4H3/t12-,13+,14-,15?,22-,23-/m0/s1. The number of ether oxygens (including phenoxy) is 3. The number of aliphatic hydroxyl groups excluding tert-OH is 1. The van der Waals surface area contributed by atoms with Gasteiger partial charge in [-0.05, 0) is 37.7 Å². The highest BCUT2D eigenvalue weighted by Crippen LogP contribution is 2.62. The number of hydrogen-bond donors (Lipinski definition) is 1. The molecule has 6 atom stereocenters. The zero-order chi connectivity index (χ0) is 22.3. The summed E-state index contributed by atoms with van der Waals surface area (Å²) in [7, 11) is 1.51. The van der Waals surface area contributed by atoms with Gasteiger partial charge in [-0.2, -0.15) is 0 Å². The molecule has 4 aliphatic rings. The van der Waals surface area contributed by atoms with Crippen LogP contribution in [0.4, 0.5) is 0 Å². The lowest BCUT2D eigenvalue weighted by Gasteiger charge is -2.52. The van der Waals surface area contributed by atoms with Gasteiger partial charge in [-0.15, -0.1) is 0 Å². The van der Waals surface area contributed by atoms with Gasteiger partial charge in [0.05, 0.1) is 18.1 Å². The summed E-state index contributed by atoms with van der Waals surface area (Å²) in [5.41, 5.74) is 0.292. The number of methoxy groups -OCH3 is 1. The number of carbonyl (C=O) groups excluding carboxylic acids is 3. The number of cyclic esters (lactones) is 1. The lowest BCUT2D eigenvalue weighted by molar-refractivity contribution is -0.149. The lowest BCUT2D eigenvalue weighted by Crippen LogP contribution is -2.57. The number of ketones is 1. The van der Waals surface area contributed by atoms with Gasteiger partial charge in [0.1, 0.15) is 24.0 Å². The number of hydrogen-bond acceptors (Lipinski definition) is 8. The first kappa shape index (κ1) is 20.5. The first-order chi connectivity index (χ1) is 14.6. The van der Waals surface area contributed by atoms with Crippen LogP contribution in [0.5, 0.6) is 0 Å². The van der Waals surface area contributed by atoms with Crippen LogP contribution in [-0.2, 0) is 24.4 Å². The van der Waals surface area contributed by atoms with E-state index in [-0.39, 0.29) is 29.6 Å². The second kappa shape index (κ2) is 6.53. The molecular formula is C23H26O8. The van der Waals surface area contributed by atoms with Gasteiger partial charge in [-0.25, -0.2) is 4.79 Å². The van der Waals surface area contributed by atoms with Gasteiger partial charge in [0.15, 0.2) is 5.76 Å². The first-order valence-electron chi connectivity index (χ1n) is 10.6. The van der Waals surface area contributed by atoms with E-state index in [1.54, 1.807) is 0 Å². The van der Waals surface area contributed by atoms with Crippen molar-refractivity contribution in [3.63, 3.8) is 0 Å². The Labute approximate surface area is 179 Å². The van der Waals surface area contributed by atoms with Crippen molar-refractivity contribution in [1.82, 2.24) is 0 Å². The van der Waals surface area contributed by atoms with E-state index in [9.17, 15) is 19.5 Å². The van der Waals surface area contributed by atoms with Crippen molar-refractivity contribution in [2.45, 2.75) is 63.8 Å². The molecule has 5 rings (SSSR count). The minimum absolute atomic E-state index is 0.106. The fraction of sp³-hybridized carbons (Fsp3) is 0.609. The Morgan fingerprint density at radius 1 is 1.29 bits per heavy atom. The first-order valence-corrected chi connectivity index (χ1v) is 10.6. The summed E-state index contributed by atoms with van der Waals surface area (Å²) >= 11 is 0. The molecule has 0 saturated heterocycles. The Kier molecular flexibility index (Phi) is 4.31. The topological polar surface area (TPSA) is 112 Å². The molecule has 31 heavy (non-hydrogen) atoms. The van der Waals surface area contributed by atoms with Crippen molar-refractivity contribution in [2.24, 2.45) is 11.3 Å². The minimum atomic E-state index is -0.959. The predicted octanol–water partition coefficient (Wildman–Crippen LogP) is 2.33. The molecule has 2 heterocycles. The van der Waals surface area contributed by atoms with E-state index in [4.69, 9.17) is 18.6 Å². The van der Waals surface area contributed by atoms with Crippen molar-refractivity contribution in [3.05, 3.63) is 34.3 Å². The van der Waals surface area contributed by atoms with Gasteiger partial charge in [0, 0.05) is 30.6 Å². The van der Waals surface area contributed by atoms with Crippen molar-refractivity contribution < 1.29 is 38.1 Å². The number of rotatable bonds is 3. The van der Waals surface area contributed by atoms with Crippen molar-refractivity contribution in [3.8, 4) is 0 Å². The van der Waals surface area contributed by atoms with Gasteiger partial charge in [-0.1, -0.05) is 6.92 Å². The maximum atomic E-state index is 13.7. The van der Waals surface area contributed by atoms with E-state index >= 15 is 0 Å². The van der Waals surface area contributed by atoms with E-state index in [0.717, 1.165) is 0 Å². The van der Waals surface area contributed by atoms with Crippen LogP contribution in [0.2, 0.25) is 0 Å². The molecule has 8 heteroatoms. The monoisotopic (exact) mass is 430 g/mol. The highest BCUT2D eigenvalue weighted by Gasteiger charge is 2.64. The molecule has 1 aliphatic heterocycles. The molecule has 166 valence electrons. The molecule has 0 aromatic carbocycles. The van der Waals surface area contributed by atoms with Crippen LogP contribution in [0.25, 0.3) is 0 Å². The van der Waals surface area contributed by atoms with Gasteiger partial charge < -0.3 is 23.7 Å². The number of furan rings is 1. The van der Waals surface area contributed by atoms with Crippen LogP contribution >= 0.6 is 0 Å². The Bertz CT molecular complexity index is 1030. The summed E-state index contributed by atoms with van der Waals surface area (Å²) in [6.45, 7) is 5.28. The molecule has 0 radical (unpaired) electrons. The minimum Gasteiger partial charge on any atom is -0.460 e. The largest absolute Gasteiger partial charge is 0.460 e. The van der Waals surface area contributed by atoms with Crippen LogP contribution in [-0.4, -0.2) is 54.9 Å². The summed E-state index contributed by atoms with van der Waals surface area (Å²) in [6, 6.07) is 0. The van der Waals surface area contributed by atoms with Crippen molar-refractivity contribution in [1.29, 1.82) is 0 Å². The second-order valence-corrected chi connectivity index (χ2v) is 9.52. The smallest absolute Gasteiger partial charge is 0.342 e. The SMILES string of the molecule is COCC1OC(=O)c2coc3c2[C@@]1(C)C1=C(C3=O)[C@@H]2CC[C@H](O)[C@@]2(C)C[C@H]1OC(C)=O. The average Bonchev–Trinajstić information content (AvgIpc) is 3.27. The molecule has 1 aromatic rings. The molecule has 3 aliphatic carbocycles. The molecule has 1 saturated carbocycles.